The molecule has 2 aliphatic rings. The predicted molar refractivity (Wildman–Crippen MR) is 150 cm³/mol. The Morgan fingerprint density at radius 3 is 2.40 bits per heavy atom. The molecule has 2 aliphatic heterocycles. The van der Waals surface area contributed by atoms with E-state index in [0.717, 1.165) is 32.2 Å². The SMILES string of the molecule is CCC(C)C(C(CC(=O)N1CCCC1C(OC)C(C)C(=O)NCCO)OC)N(C)C(=O)CNC(=O)C1CCCN1. The number of likely N-dealkylation sites (tertiary alicyclic amines) is 1. The molecule has 12 nitrogen and oxygen atoms in total. The summed E-state index contributed by atoms with van der Waals surface area (Å²) in [6.45, 7) is 7.05. The van der Waals surface area contributed by atoms with Crippen LogP contribution in [0.5, 0.6) is 0 Å². The largest absolute Gasteiger partial charge is 0.395 e. The van der Waals surface area contributed by atoms with Crippen LogP contribution in [0.25, 0.3) is 0 Å². The maximum Gasteiger partial charge on any atom is 0.242 e. The van der Waals surface area contributed by atoms with Gasteiger partial charge in [0.25, 0.3) is 0 Å². The number of carbonyl (C=O) groups excluding carboxylic acids is 4. The van der Waals surface area contributed by atoms with Gasteiger partial charge in [-0.2, -0.15) is 0 Å². The molecule has 0 spiro atoms. The summed E-state index contributed by atoms with van der Waals surface area (Å²) in [5, 5.41) is 17.6. The van der Waals surface area contributed by atoms with Gasteiger partial charge in [0, 0.05) is 34.4 Å². The van der Waals surface area contributed by atoms with Gasteiger partial charge >= 0.3 is 0 Å². The minimum absolute atomic E-state index is 0.0373. The Kier molecular flexibility index (Phi) is 14.3. The molecule has 0 aromatic carbocycles. The number of aliphatic hydroxyl groups is 1. The first-order valence-electron chi connectivity index (χ1n) is 14.6. The fraction of sp³-hybridized carbons (Fsp3) is 0.857. The Labute approximate surface area is 238 Å². The van der Waals surface area contributed by atoms with Crippen molar-refractivity contribution in [3.05, 3.63) is 0 Å². The molecule has 0 bridgehead atoms. The topological polar surface area (TPSA) is 150 Å². The van der Waals surface area contributed by atoms with Crippen LogP contribution in [0.15, 0.2) is 0 Å². The van der Waals surface area contributed by atoms with Crippen molar-refractivity contribution in [2.75, 3.05) is 54.1 Å². The van der Waals surface area contributed by atoms with E-state index < -0.39 is 18.1 Å². The van der Waals surface area contributed by atoms with Crippen molar-refractivity contribution in [1.29, 1.82) is 0 Å². The second-order valence-corrected chi connectivity index (χ2v) is 11.0. The van der Waals surface area contributed by atoms with Crippen molar-refractivity contribution in [3.8, 4) is 0 Å². The standard InChI is InChI=1S/C28H51N5O7/c1-7-18(2)25(32(4)24(36)17-31-28(38)20-10-8-12-29-20)22(39-5)16-23(35)33-14-9-11-21(33)26(40-6)19(3)27(37)30-13-15-34/h18-22,25-26,29,34H,7-17H2,1-6H3,(H,30,37)(H,31,38). The first kappa shape index (κ1) is 33.9. The van der Waals surface area contributed by atoms with E-state index in [2.05, 4.69) is 16.0 Å². The van der Waals surface area contributed by atoms with Gasteiger partial charge in [-0.1, -0.05) is 27.2 Å². The van der Waals surface area contributed by atoms with Crippen molar-refractivity contribution in [2.24, 2.45) is 11.8 Å². The highest BCUT2D eigenvalue weighted by atomic mass is 16.5. The summed E-state index contributed by atoms with van der Waals surface area (Å²) >= 11 is 0. The summed E-state index contributed by atoms with van der Waals surface area (Å²) in [4.78, 5) is 55.2. The van der Waals surface area contributed by atoms with Crippen LogP contribution in [0.2, 0.25) is 0 Å². The minimum atomic E-state index is -0.559. The number of nitrogens with zero attached hydrogens (tertiary/aromatic N) is 2. The van der Waals surface area contributed by atoms with Crippen LogP contribution < -0.4 is 16.0 Å². The van der Waals surface area contributed by atoms with Crippen LogP contribution >= 0.6 is 0 Å². The lowest BCUT2D eigenvalue weighted by Gasteiger charge is -2.39. The summed E-state index contributed by atoms with van der Waals surface area (Å²) in [5.41, 5.74) is 0. The number of ether oxygens (including phenoxy) is 2. The molecule has 0 radical (unpaired) electrons. The van der Waals surface area contributed by atoms with Gasteiger partial charge in [-0.15, -0.1) is 0 Å². The molecule has 2 heterocycles. The van der Waals surface area contributed by atoms with Crippen LogP contribution in [0.4, 0.5) is 0 Å². The quantitative estimate of drug-likeness (QED) is 0.201. The molecule has 0 aliphatic carbocycles. The second-order valence-electron chi connectivity index (χ2n) is 11.0. The lowest BCUT2D eigenvalue weighted by molar-refractivity contribution is -0.145. The molecular weight excluding hydrogens is 518 g/mol. The molecule has 7 unspecified atom stereocenters. The lowest BCUT2D eigenvalue weighted by Crippen LogP contribution is -2.54. The van der Waals surface area contributed by atoms with E-state index in [9.17, 15) is 19.2 Å². The Morgan fingerprint density at radius 1 is 1.10 bits per heavy atom. The van der Waals surface area contributed by atoms with Gasteiger partial charge in [-0.3, -0.25) is 19.2 Å². The number of carbonyl (C=O) groups is 4. The highest BCUT2D eigenvalue weighted by Gasteiger charge is 2.41. The lowest BCUT2D eigenvalue weighted by atomic mass is 9.90. The Balaban J connectivity index is 2.10. The van der Waals surface area contributed by atoms with Crippen molar-refractivity contribution in [2.45, 2.75) is 89.6 Å². The molecule has 12 heteroatoms. The predicted octanol–water partition coefficient (Wildman–Crippen LogP) is -0.117. The molecule has 2 fully saturated rings. The molecule has 7 atom stereocenters. The monoisotopic (exact) mass is 569 g/mol. The molecule has 4 N–H and O–H groups in total. The van der Waals surface area contributed by atoms with Gasteiger partial charge in [0.1, 0.15) is 0 Å². The van der Waals surface area contributed by atoms with Crippen LogP contribution in [0.1, 0.15) is 59.3 Å². The molecule has 0 aromatic rings. The highest BCUT2D eigenvalue weighted by Crippen LogP contribution is 2.29. The maximum absolute atomic E-state index is 13.7. The molecule has 230 valence electrons. The molecule has 0 aromatic heterocycles. The van der Waals surface area contributed by atoms with Crippen LogP contribution in [-0.2, 0) is 28.7 Å². The van der Waals surface area contributed by atoms with E-state index in [0.29, 0.717) is 13.0 Å². The van der Waals surface area contributed by atoms with Gasteiger partial charge in [0.15, 0.2) is 0 Å². The molecule has 40 heavy (non-hydrogen) atoms. The second kappa shape index (κ2) is 16.9. The first-order valence-corrected chi connectivity index (χ1v) is 14.6. The molecule has 4 amide bonds. The van der Waals surface area contributed by atoms with Gasteiger partial charge in [0.05, 0.1) is 55.8 Å². The smallest absolute Gasteiger partial charge is 0.242 e. The zero-order valence-corrected chi connectivity index (χ0v) is 25.1. The third kappa shape index (κ3) is 8.86. The summed E-state index contributed by atoms with van der Waals surface area (Å²) in [7, 11) is 4.79. The van der Waals surface area contributed by atoms with Gasteiger partial charge < -0.3 is 40.3 Å². The van der Waals surface area contributed by atoms with Gasteiger partial charge in [-0.25, -0.2) is 0 Å². The number of hydrogen-bond acceptors (Lipinski definition) is 8. The summed E-state index contributed by atoms with van der Waals surface area (Å²) in [6, 6.07) is -0.915. The summed E-state index contributed by atoms with van der Waals surface area (Å²) in [5.74, 6) is -1.25. The molecule has 2 rings (SSSR count). The number of hydrogen-bond donors (Lipinski definition) is 4. The van der Waals surface area contributed by atoms with E-state index in [4.69, 9.17) is 14.6 Å². The molecule has 2 saturated heterocycles. The number of likely N-dealkylation sites (N-methyl/N-ethyl adjacent to an activating group) is 1. The average Bonchev–Trinajstić information content (AvgIpc) is 3.67. The third-order valence-electron chi connectivity index (χ3n) is 8.51. The highest BCUT2D eigenvalue weighted by molar-refractivity contribution is 5.87. The number of nitrogens with one attached hydrogen (secondary N) is 3. The summed E-state index contributed by atoms with van der Waals surface area (Å²) in [6.07, 6.45) is 2.98. The van der Waals surface area contributed by atoms with E-state index in [-0.39, 0.29) is 73.8 Å². The van der Waals surface area contributed by atoms with Gasteiger partial charge in [0.2, 0.25) is 23.6 Å². The Hall–Kier alpha value is -2.28. The Morgan fingerprint density at radius 2 is 1.82 bits per heavy atom. The third-order valence-corrected chi connectivity index (χ3v) is 8.51. The van der Waals surface area contributed by atoms with Crippen LogP contribution in [-0.4, -0.2) is 123 Å². The average molecular weight is 570 g/mol. The number of aliphatic hydroxyl groups excluding tert-OH is 1. The maximum atomic E-state index is 13.7. The van der Waals surface area contributed by atoms with Crippen LogP contribution in [0.3, 0.4) is 0 Å². The van der Waals surface area contributed by atoms with Crippen molar-refractivity contribution in [3.63, 3.8) is 0 Å². The van der Waals surface area contributed by atoms with E-state index in [1.807, 2.05) is 13.8 Å². The molecule has 0 saturated carbocycles. The number of methoxy groups -OCH3 is 2. The summed E-state index contributed by atoms with van der Waals surface area (Å²) < 4.78 is 11.6. The van der Waals surface area contributed by atoms with Crippen molar-refractivity contribution >= 4 is 23.6 Å². The minimum Gasteiger partial charge on any atom is -0.395 e. The fourth-order valence-electron chi connectivity index (χ4n) is 5.98. The number of rotatable bonds is 16. The molecular formula is C28H51N5O7. The zero-order valence-electron chi connectivity index (χ0n) is 25.1. The first-order chi connectivity index (χ1) is 19.1. The van der Waals surface area contributed by atoms with E-state index in [1.165, 1.54) is 0 Å². The van der Waals surface area contributed by atoms with E-state index >= 15 is 0 Å². The normalized spacial score (nSPS) is 22.7. The fourth-order valence-corrected chi connectivity index (χ4v) is 5.98. The number of amides is 4. The van der Waals surface area contributed by atoms with E-state index in [1.54, 1.807) is 38.0 Å². The zero-order chi connectivity index (χ0) is 29.8. The van der Waals surface area contributed by atoms with Gasteiger partial charge in [-0.05, 0) is 38.1 Å². The Bertz CT molecular complexity index is 838. The van der Waals surface area contributed by atoms with Crippen LogP contribution in [0, 0.1) is 11.8 Å². The van der Waals surface area contributed by atoms with Crippen molar-refractivity contribution < 1.29 is 33.8 Å². The van der Waals surface area contributed by atoms with Crippen molar-refractivity contribution in [1.82, 2.24) is 25.8 Å².